The number of carbonyl (C=O) groups excluding carboxylic acids is 1. The molecule has 3 rings (SSSR count). The summed E-state index contributed by atoms with van der Waals surface area (Å²) in [5.74, 6) is 0.00951. The van der Waals surface area contributed by atoms with Crippen molar-refractivity contribution in [2.24, 2.45) is 0 Å². The number of hydrogen-bond acceptors (Lipinski definition) is 4. The lowest BCUT2D eigenvalue weighted by atomic mass is 10.2. The van der Waals surface area contributed by atoms with Gasteiger partial charge in [-0.1, -0.05) is 6.07 Å². The summed E-state index contributed by atoms with van der Waals surface area (Å²) < 4.78 is 26.6. The minimum absolute atomic E-state index is 0.144. The number of anilines is 1. The Labute approximate surface area is 134 Å². The number of nitrogens with zero attached hydrogens (tertiary/aromatic N) is 2. The smallest absolute Gasteiger partial charge is 0.256 e. The van der Waals surface area contributed by atoms with Gasteiger partial charge in [0.25, 0.3) is 5.91 Å². The topological polar surface area (TPSA) is 95.2 Å². The van der Waals surface area contributed by atoms with Crippen LogP contribution in [0.15, 0.2) is 35.2 Å². The van der Waals surface area contributed by atoms with E-state index >= 15 is 0 Å². The largest absolute Gasteiger partial charge is 0.305 e. The summed E-state index contributed by atoms with van der Waals surface area (Å²) in [7, 11) is -3.53. The van der Waals surface area contributed by atoms with Crippen LogP contribution in [0.5, 0.6) is 0 Å². The Morgan fingerprint density at radius 1 is 1.26 bits per heavy atom. The van der Waals surface area contributed by atoms with Crippen LogP contribution in [0, 0.1) is 6.92 Å². The minimum Gasteiger partial charge on any atom is -0.305 e. The molecule has 0 atom stereocenters. The van der Waals surface area contributed by atoms with Gasteiger partial charge in [0, 0.05) is 30.4 Å². The maximum Gasteiger partial charge on any atom is 0.256 e. The Bertz CT molecular complexity index is 823. The Balaban J connectivity index is 1.83. The minimum atomic E-state index is -3.53. The number of aromatic nitrogens is 2. The number of carbonyl (C=O) groups is 1. The van der Waals surface area contributed by atoms with Crippen molar-refractivity contribution in [1.82, 2.24) is 14.5 Å². The first-order chi connectivity index (χ1) is 11.0. The third-order valence-electron chi connectivity index (χ3n) is 3.75. The second-order valence-electron chi connectivity index (χ2n) is 5.53. The van der Waals surface area contributed by atoms with Crippen LogP contribution >= 0.6 is 0 Å². The van der Waals surface area contributed by atoms with Crippen LogP contribution < -0.4 is 5.32 Å². The van der Waals surface area contributed by atoms with E-state index in [1.54, 1.807) is 18.2 Å². The first-order valence-electron chi connectivity index (χ1n) is 7.40. The highest BCUT2D eigenvalue weighted by atomic mass is 32.2. The van der Waals surface area contributed by atoms with Crippen molar-refractivity contribution in [1.29, 1.82) is 0 Å². The summed E-state index contributed by atoms with van der Waals surface area (Å²) in [5.41, 5.74) is 1.11. The fourth-order valence-corrected chi connectivity index (χ4v) is 4.11. The molecule has 1 amide bonds. The lowest BCUT2D eigenvalue weighted by molar-refractivity contribution is 0.102. The van der Waals surface area contributed by atoms with Gasteiger partial charge in [-0.15, -0.1) is 0 Å². The zero-order valence-electron chi connectivity index (χ0n) is 12.7. The van der Waals surface area contributed by atoms with Crippen molar-refractivity contribution in [3.05, 3.63) is 41.6 Å². The molecule has 122 valence electrons. The number of nitrogens with one attached hydrogen (secondary N) is 2. The average Bonchev–Trinajstić information content (AvgIpc) is 3.19. The maximum atomic E-state index is 12.5. The van der Waals surface area contributed by atoms with E-state index in [9.17, 15) is 13.2 Å². The van der Waals surface area contributed by atoms with Crippen LogP contribution in [0.1, 0.15) is 28.9 Å². The van der Waals surface area contributed by atoms with E-state index in [0.717, 1.165) is 18.5 Å². The Morgan fingerprint density at radius 3 is 2.65 bits per heavy atom. The first kappa shape index (κ1) is 15.7. The van der Waals surface area contributed by atoms with Crippen LogP contribution in [0.25, 0.3) is 0 Å². The molecule has 2 heterocycles. The van der Waals surface area contributed by atoms with Gasteiger partial charge in [-0.25, -0.2) is 8.42 Å². The van der Waals surface area contributed by atoms with E-state index in [-0.39, 0.29) is 10.5 Å². The van der Waals surface area contributed by atoms with Crippen LogP contribution in [0.4, 0.5) is 5.82 Å². The molecular weight excluding hydrogens is 316 g/mol. The summed E-state index contributed by atoms with van der Waals surface area (Å²) in [5, 5.41) is 9.30. The van der Waals surface area contributed by atoms with Crippen molar-refractivity contribution in [3.8, 4) is 0 Å². The second-order valence-corrected chi connectivity index (χ2v) is 7.47. The summed E-state index contributed by atoms with van der Waals surface area (Å²) in [6.07, 6.45) is 1.75. The zero-order valence-corrected chi connectivity index (χ0v) is 13.6. The number of aryl methyl sites for hydroxylation is 1. The molecule has 1 aliphatic heterocycles. The molecule has 1 aromatic heterocycles. The molecule has 8 heteroatoms. The maximum absolute atomic E-state index is 12.5. The summed E-state index contributed by atoms with van der Waals surface area (Å²) in [4.78, 5) is 12.4. The normalized spacial score (nSPS) is 15.7. The highest BCUT2D eigenvalue weighted by molar-refractivity contribution is 7.89. The Morgan fingerprint density at radius 2 is 2.00 bits per heavy atom. The molecule has 23 heavy (non-hydrogen) atoms. The highest BCUT2D eigenvalue weighted by Crippen LogP contribution is 2.21. The van der Waals surface area contributed by atoms with Gasteiger partial charge >= 0.3 is 0 Å². The zero-order chi connectivity index (χ0) is 16.4. The van der Waals surface area contributed by atoms with Crippen LogP contribution in [0.2, 0.25) is 0 Å². The third kappa shape index (κ3) is 3.27. The lowest BCUT2D eigenvalue weighted by Gasteiger charge is -2.15. The van der Waals surface area contributed by atoms with Crippen LogP contribution in [-0.2, 0) is 10.0 Å². The third-order valence-corrected chi connectivity index (χ3v) is 5.64. The molecule has 0 spiro atoms. The van der Waals surface area contributed by atoms with Gasteiger partial charge in [0.2, 0.25) is 10.0 Å². The molecule has 0 bridgehead atoms. The summed E-state index contributed by atoms with van der Waals surface area (Å²) >= 11 is 0. The van der Waals surface area contributed by atoms with E-state index in [0.29, 0.717) is 18.9 Å². The Hall–Kier alpha value is -2.19. The van der Waals surface area contributed by atoms with E-state index in [1.165, 1.54) is 16.4 Å². The molecule has 2 aromatic rings. The highest BCUT2D eigenvalue weighted by Gasteiger charge is 2.27. The van der Waals surface area contributed by atoms with Crippen LogP contribution in [-0.4, -0.2) is 41.9 Å². The number of sulfonamides is 1. The molecule has 0 aliphatic carbocycles. The molecule has 1 fully saturated rings. The van der Waals surface area contributed by atoms with Gasteiger partial charge in [0.05, 0.1) is 4.90 Å². The summed E-state index contributed by atoms with van der Waals surface area (Å²) in [6, 6.07) is 7.78. The summed E-state index contributed by atoms with van der Waals surface area (Å²) in [6.45, 7) is 2.89. The second kappa shape index (κ2) is 6.13. The number of H-pyrrole nitrogens is 1. The molecule has 0 radical (unpaired) electrons. The fraction of sp³-hybridized carbons (Fsp3) is 0.333. The van der Waals surface area contributed by atoms with Gasteiger partial charge < -0.3 is 5.32 Å². The van der Waals surface area contributed by atoms with Crippen molar-refractivity contribution in [2.45, 2.75) is 24.7 Å². The van der Waals surface area contributed by atoms with Gasteiger partial charge in [-0.05, 0) is 38.0 Å². The number of aromatic amines is 1. The average molecular weight is 334 g/mol. The van der Waals surface area contributed by atoms with E-state index < -0.39 is 15.9 Å². The molecule has 1 saturated heterocycles. The predicted molar refractivity (Wildman–Crippen MR) is 85.7 cm³/mol. The lowest BCUT2D eigenvalue weighted by Crippen LogP contribution is -2.28. The van der Waals surface area contributed by atoms with Crippen molar-refractivity contribution < 1.29 is 13.2 Å². The number of benzene rings is 1. The molecule has 7 nitrogen and oxygen atoms in total. The van der Waals surface area contributed by atoms with Crippen molar-refractivity contribution in [3.63, 3.8) is 0 Å². The number of rotatable bonds is 4. The fourth-order valence-electron chi connectivity index (χ4n) is 2.55. The van der Waals surface area contributed by atoms with E-state index in [4.69, 9.17) is 0 Å². The van der Waals surface area contributed by atoms with Crippen molar-refractivity contribution >= 4 is 21.7 Å². The SMILES string of the molecule is Cc1cc(NC(=O)c2cccc(S(=O)(=O)N3CCCC3)c2)n[nH]1. The molecular formula is C15H18N4O3S. The first-order valence-corrected chi connectivity index (χ1v) is 8.84. The molecule has 1 aromatic carbocycles. The van der Waals surface area contributed by atoms with Crippen LogP contribution in [0.3, 0.4) is 0 Å². The number of amides is 1. The quantitative estimate of drug-likeness (QED) is 0.890. The van der Waals surface area contributed by atoms with Gasteiger partial charge in [0.15, 0.2) is 5.82 Å². The van der Waals surface area contributed by atoms with Crippen molar-refractivity contribution in [2.75, 3.05) is 18.4 Å². The van der Waals surface area contributed by atoms with Gasteiger partial charge in [-0.3, -0.25) is 9.89 Å². The monoisotopic (exact) mass is 334 g/mol. The Kier molecular flexibility index (Phi) is 4.18. The molecule has 2 N–H and O–H groups in total. The number of hydrogen-bond donors (Lipinski definition) is 2. The molecule has 1 aliphatic rings. The van der Waals surface area contributed by atoms with E-state index in [2.05, 4.69) is 15.5 Å². The predicted octanol–water partition coefficient (Wildman–Crippen LogP) is 1.75. The molecule has 0 unspecified atom stereocenters. The van der Waals surface area contributed by atoms with E-state index in [1.807, 2.05) is 6.92 Å². The standard InChI is InChI=1S/C15H18N4O3S/c1-11-9-14(18-17-11)16-15(20)12-5-4-6-13(10-12)23(21,22)19-7-2-3-8-19/h4-6,9-10H,2-3,7-8H2,1H3,(H2,16,17,18,20). The van der Waals surface area contributed by atoms with Gasteiger partial charge in [0.1, 0.15) is 0 Å². The molecule has 0 saturated carbocycles. The van der Waals surface area contributed by atoms with Gasteiger partial charge in [-0.2, -0.15) is 9.40 Å².